The number of likely N-dealkylation sites (tertiary alicyclic amines) is 1. The summed E-state index contributed by atoms with van der Waals surface area (Å²) in [6.07, 6.45) is 0.293. The summed E-state index contributed by atoms with van der Waals surface area (Å²) < 4.78 is 1.43. The second-order valence-electron chi connectivity index (χ2n) is 7.48. The minimum atomic E-state index is -0.101. The first kappa shape index (κ1) is 17.7. The van der Waals surface area contributed by atoms with Crippen LogP contribution in [-0.2, 0) is 18.3 Å². The first-order chi connectivity index (χ1) is 11.7. The predicted molar refractivity (Wildman–Crippen MR) is 97.7 cm³/mol. The molecule has 1 aliphatic rings. The molecule has 2 aromatic heterocycles. The standard InChI is InChI=1S/C18H27N5O2/c1-10-8-23(9-14(10)21(4)5)15(24)7-13-11(2)16-17(19-12(13)3)20-22(6)18(16)25/h10,14H,7-9H2,1-6H3,(H,19,20)/t10-,14+/m1/s1. The first-order valence-corrected chi connectivity index (χ1v) is 8.69. The minimum absolute atomic E-state index is 0.101. The number of nitrogens with zero attached hydrogens (tertiary/aromatic N) is 4. The Kier molecular flexibility index (Phi) is 4.45. The van der Waals surface area contributed by atoms with Gasteiger partial charge in [0.1, 0.15) is 0 Å². The van der Waals surface area contributed by atoms with Crippen LogP contribution in [0.3, 0.4) is 0 Å². The molecule has 7 nitrogen and oxygen atoms in total. The van der Waals surface area contributed by atoms with E-state index in [4.69, 9.17) is 0 Å². The average molecular weight is 345 g/mol. The third-order valence-corrected chi connectivity index (χ3v) is 5.49. The third kappa shape index (κ3) is 2.97. The van der Waals surface area contributed by atoms with Crippen molar-refractivity contribution in [1.82, 2.24) is 24.6 Å². The number of carbonyl (C=O) groups excluding carboxylic acids is 1. The van der Waals surface area contributed by atoms with E-state index in [2.05, 4.69) is 36.0 Å². The normalized spacial score (nSPS) is 20.8. The van der Waals surface area contributed by atoms with Crippen LogP contribution in [0.15, 0.2) is 4.79 Å². The number of carbonyl (C=O) groups is 1. The van der Waals surface area contributed by atoms with Gasteiger partial charge >= 0.3 is 0 Å². The third-order valence-electron chi connectivity index (χ3n) is 5.49. The van der Waals surface area contributed by atoms with Gasteiger partial charge in [-0.1, -0.05) is 6.92 Å². The topological polar surface area (TPSA) is 74.2 Å². The van der Waals surface area contributed by atoms with Crippen LogP contribution in [0.25, 0.3) is 11.0 Å². The summed E-state index contributed by atoms with van der Waals surface area (Å²) in [6.45, 7) is 7.53. The van der Waals surface area contributed by atoms with E-state index in [1.807, 2.05) is 18.7 Å². The fourth-order valence-corrected chi connectivity index (χ4v) is 3.96. The number of aromatic amines is 1. The zero-order valence-corrected chi connectivity index (χ0v) is 15.9. The molecule has 0 bridgehead atoms. The molecule has 2 atom stereocenters. The molecule has 0 aliphatic carbocycles. The van der Waals surface area contributed by atoms with E-state index in [1.54, 1.807) is 7.05 Å². The van der Waals surface area contributed by atoms with Crippen molar-refractivity contribution in [3.05, 3.63) is 27.2 Å². The van der Waals surface area contributed by atoms with Crippen molar-refractivity contribution in [2.75, 3.05) is 27.2 Å². The molecule has 1 N–H and O–H groups in total. The summed E-state index contributed by atoms with van der Waals surface area (Å²) in [4.78, 5) is 33.8. The molecule has 1 saturated heterocycles. The van der Waals surface area contributed by atoms with Gasteiger partial charge in [-0.2, -0.15) is 0 Å². The molecule has 0 saturated carbocycles. The Balaban J connectivity index is 1.89. The van der Waals surface area contributed by atoms with Gasteiger partial charge in [0.25, 0.3) is 5.56 Å². The first-order valence-electron chi connectivity index (χ1n) is 8.69. The average Bonchev–Trinajstić information content (AvgIpc) is 3.04. The van der Waals surface area contributed by atoms with Gasteiger partial charge in [0.15, 0.2) is 5.65 Å². The quantitative estimate of drug-likeness (QED) is 0.894. The van der Waals surface area contributed by atoms with E-state index in [-0.39, 0.29) is 11.5 Å². The molecule has 136 valence electrons. The minimum Gasteiger partial charge on any atom is -0.341 e. The van der Waals surface area contributed by atoms with E-state index < -0.39 is 0 Å². The number of amides is 1. The number of hydrogen-bond acceptors (Lipinski definition) is 4. The Hall–Kier alpha value is -2.15. The van der Waals surface area contributed by atoms with Crippen molar-refractivity contribution in [2.24, 2.45) is 13.0 Å². The molecular formula is C18H27N5O2. The van der Waals surface area contributed by atoms with Gasteiger partial charge in [-0.3, -0.25) is 19.4 Å². The number of likely N-dealkylation sites (N-methyl/N-ethyl adjacent to an activating group) is 1. The van der Waals surface area contributed by atoms with Gasteiger partial charge in [0.05, 0.1) is 11.8 Å². The Morgan fingerprint density at radius 3 is 2.60 bits per heavy atom. The molecule has 3 rings (SSSR count). The number of aryl methyl sites for hydroxylation is 3. The molecule has 0 spiro atoms. The van der Waals surface area contributed by atoms with Gasteiger partial charge in [-0.05, 0) is 45.0 Å². The van der Waals surface area contributed by atoms with Crippen LogP contribution in [0, 0.1) is 19.8 Å². The van der Waals surface area contributed by atoms with Gasteiger partial charge < -0.3 is 9.80 Å². The van der Waals surface area contributed by atoms with Crippen molar-refractivity contribution < 1.29 is 4.79 Å². The molecule has 7 heteroatoms. The van der Waals surface area contributed by atoms with Crippen LogP contribution in [0.4, 0.5) is 0 Å². The number of aromatic nitrogens is 3. The number of pyridine rings is 1. The zero-order valence-electron chi connectivity index (χ0n) is 15.9. The molecule has 0 radical (unpaired) electrons. The van der Waals surface area contributed by atoms with E-state index in [0.29, 0.717) is 29.4 Å². The van der Waals surface area contributed by atoms with Crippen LogP contribution < -0.4 is 5.56 Å². The SMILES string of the molecule is Cc1nc2[nH]n(C)c(=O)c2c(C)c1CC(=O)N1C[C@@H](C)[C@@H](N(C)C)C1. The largest absolute Gasteiger partial charge is 0.341 e. The molecule has 3 heterocycles. The van der Waals surface area contributed by atoms with Crippen LogP contribution in [-0.4, -0.2) is 63.7 Å². The van der Waals surface area contributed by atoms with Gasteiger partial charge in [-0.25, -0.2) is 4.98 Å². The fourth-order valence-electron chi connectivity index (χ4n) is 3.96. The number of fused-ring (bicyclic) bond motifs is 1. The second-order valence-corrected chi connectivity index (χ2v) is 7.48. The number of hydrogen-bond donors (Lipinski definition) is 1. The van der Waals surface area contributed by atoms with E-state index >= 15 is 0 Å². The summed E-state index contributed by atoms with van der Waals surface area (Å²) in [6, 6.07) is 0.392. The maximum atomic E-state index is 12.8. The lowest BCUT2D eigenvalue weighted by molar-refractivity contribution is -0.129. The highest BCUT2D eigenvalue weighted by atomic mass is 16.2. The summed E-state index contributed by atoms with van der Waals surface area (Å²) >= 11 is 0. The highest BCUT2D eigenvalue weighted by molar-refractivity contribution is 5.84. The lowest BCUT2D eigenvalue weighted by Gasteiger charge is -2.22. The molecule has 2 aromatic rings. The van der Waals surface area contributed by atoms with Crippen LogP contribution in [0.5, 0.6) is 0 Å². The molecule has 0 unspecified atom stereocenters. The van der Waals surface area contributed by atoms with Crippen LogP contribution in [0.1, 0.15) is 23.7 Å². The zero-order chi connectivity index (χ0) is 18.5. The lowest BCUT2D eigenvalue weighted by atomic mass is 10.0. The molecule has 25 heavy (non-hydrogen) atoms. The maximum Gasteiger partial charge on any atom is 0.276 e. The summed E-state index contributed by atoms with van der Waals surface area (Å²) in [5.41, 5.74) is 3.01. The Labute approximate surface area is 147 Å². The van der Waals surface area contributed by atoms with E-state index in [1.165, 1.54) is 4.68 Å². The molecule has 1 aliphatic heterocycles. The Morgan fingerprint density at radius 1 is 1.32 bits per heavy atom. The number of nitrogens with one attached hydrogen (secondary N) is 1. The van der Waals surface area contributed by atoms with Crippen molar-refractivity contribution in [1.29, 1.82) is 0 Å². The number of rotatable bonds is 3. The van der Waals surface area contributed by atoms with E-state index in [9.17, 15) is 9.59 Å². The van der Waals surface area contributed by atoms with Crippen molar-refractivity contribution in [2.45, 2.75) is 33.2 Å². The highest BCUT2D eigenvalue weighted by Gasteiger charge is 2.33. The molecule has 1 amide bonds. The van der Waals surface area contributed by atoms with Crippen LogP contribution in [0.2, 0.25) is 0 Å². The summed E-state index contributed by atoms with van der Waals surface area (Å²) in [5, 5.41) is 3.54. The van der Waals surface area contributed by atoms with Crippen molar-refractivity contribution in [3.63, 3.8) is 0 Å². The fraction of sp³-hybridized carbons (Fsp3) is 0.611. The van der Waals surface area contributed by atoms with Gasteiger partial charge in [0, 0.05) is 31.9 Å². The molecule has 0 aromatic carbocycles. The second kappa shape index (κ2) is 6.29. The maximum absolute atomic E-state index is 12.8. The lowest BCUT2D eigenvalue weighted by Crippen LogP contribution is -2.36. The molecular weight excluding hydrogens is 318 g/mol. The highest BCUT2D eigenvalue weighted by Crippen LogP contribution is 2.24. The number of H-pyrrole nitrogens is 1. The molecule has 1 fully saturated rings. The predicted octanol–water partition coefficient (Wildman–Crippen LogP) is 0.829. The Morgan fingerprint density at radius 2 is 2.00 bits per heavy atom. The smallest absolute Gasteiger partial charge is 0.276 e. The van der Waals surface area contributed by atoms with Crippen LogP contribution >= 0.6 is 0 Å². The Bertz CT molecular complexity index is 880. The summed E-state index contributed by atoms with van der Waals surface area (Å²) in [5.74, 6) is 0.564. The summed E-state index contributed by atoms with van der Waals surface area (Å²) in [7, 11) is 5.79. The van der Waals surface area contributed by atoms with E-state index in [0.717, 1.165) is 29.9 Å². The van der Waals surface area contributed by atoms with Crippen molar-refractivity contribution in [3.8, 4) is 0 Å². The van der Waals surface area contributed by atoms with Gasteiger partial charge in [0.2, 0.25) is 5.91 Å². The van der Waals surface area contributed by atoms with Crippen molar-refractivity contribution >= 4 is 16.9 Å². The van der Waals surface area contributed by atoms with Gasteiger partial charge in [-0.15, -0.1) is 0 Å². The monoisotopic (exact) mass is 345 g/mol.